The summed E-state index contributed by atoms with van der Waals surface area (Å²) in [4.78, 5) is 21.7. The maximum Gasteiger partial charge on any atom is 0.247 e. The van der Waals surface area contributed by atoms with E-state index in [1.54, 1.807) is 12.1 Å². The SMILES string of the molecule is CCC(C(=O)NCc1nc2ccccc2[nH]1)n1nnc(-c2ccc(Cl)cc2)n1. The number of H-pyrrole nitrogens is 1. The lowest BCUT2D eigenvalue weighted by atomic mass is 10.2. The molecule has 1 atom stereocenters. The van der Waals surface area contributed by atoms with Crippen LogP contribution in [0, 0.1) is 0 Å². The number of aromatic amines is 1. The zero-order chi connectivity index (χ0) is 19.5. The molecule has 1 unspecified atom stereocenters. The number of para-hydroxylation sites is 2. The summed E-state index contributed by atoms with van der Waals surface area (Å²) in [6.07, 6.45) is 0.530. The average Bonchev–Trinajstić information content (AvgIpc) is 3.34. The minimum absolute atomic E-state index is 0.192. The number of halogens is 1. The third-order valence-corrected chi connectivity index (χ3v) is 4.62. The largest absolute Gasteiger partial charge is 0.347 e. The molecular formula is C19H18ClN7O. The Morgan fingerprint density at radius 1 is 1.21 bits per heavy atom. The number of carbonyl (C=O) groups excluding carboxylic acids is 1. The molecule has 4 aromatic rings. The highest BCUT2D eigenvalue weighted by Crippen LogP contribution is 2.18. The van der Waals surface area contributed by atoms with Crippen LogP contribution in [0.5, 0.6) is 0 Å². The Morgan fingerprint density at radius 2 is 2.00 bits per heavy atom. The van der Waals surface area contributed by atoms with Crippen molar-refractivity contribution in [2.75, 3.05) is 0 Å². The molecule has 0 bridgehead atoms. The Hall–Kier alpha value is -3.26. The van der Waals surface area contributed by atoms with Crippen molar-refractivity contribution in [1.29, 1.82) is 0 Å². The number of nitrogens with one attached hydrogen (secondary N) is 2. The van der Waals surface area contributed by atoms with Crippen molar-refractivity contribution >= 4 is 28.5 Å². The molecule has 2 aromatic carbocycles. The summed E-state index contributed by atoms with van der Waals surface area (Å²) in [6.45, 7) is 2.19. The van der Waals surface area contributed by atoms with Crippen molar-refractivity contribution in [3.8, 4) is 11.4 Å². The van der Waals surface area contributed by atoms with Crippen molar-refractivity contribution in [3.05, 3.63) is 59.4 Å². The van der Waals surface area contributed by atoms with Gasteiger partial charge in [-0.2, -0.15) is 4.80 Å². The first-order valence-electron chi connectivity index (χ1n) is 8.91. The molecular weight excluding hydrogens is 378 g/mol. The van der Waals surface area contributed by atoms with Gasteiger partial charge in [-0.05, 0) is 48.0 Å². The van der Waals surface area contributed by atoms with E-state index in [9.17, 15) is 4.79 Å². The fourth-order valence-electron chi connectivity index (χ4n) is 2.90. The normalized spacial score (nSPS) is 12.2. The van der Waals surface area contributed by atoms with Crippen molar-refractivity contribution in [2.24, 2.45) is 0 Å². The molecule has 2 heterocycles. The standard InChI is InChI=1S/C19H18ClN7O/c1-2-16(27-25-18(24-26-27)12-7-9-13(20)10-8-12)19(28)21-11-17-22-14-5-3-4-6-15(14)23-17/h3-10,16H,2,11H2,1H3,(H,21,28)(H,22,23). The number of nitrogens with zero attached hydrogens (tertiary/aromatic N) is 5. The van der Waals surface area contributed by atoms with Gasteiger partial charge in [-0.3, -0.25) is 4.79 Å². The van der Waals surface area contributed by atoms with Crippen LogP contribution in [0.1, 0.15) is 25.2 Å². The third-order valence-electron chi connectivity index (χ3n) is 4.37. The molecule has 2 aromatic heterocycles. The Morgan fingerprint density at radius 3 is 2.75 bits per heavy atom. The van der Waals surface area contributed by atoms with Gasteiger partial charge in [0.1, 0.15) is 5.82 Å². The monoisotopic (exact) mass is 395 g/mol. The smallest absolute Gasteiger partial charge is 0.247 e. The van der Waals surface area contributed by atoms with Gasteiger partial charge in [-0.15, -0.1) is 10.2 Å². The summed E-state index contributed by atoms with van der Waals surface area (Å²) in [5.74, 6) is 0.945. The van der Waals surface area contributed by atoms with Crippen molar-refractivity contribution in [1.82, 2.24) is 35.5 Å². The molecule has 0 fully saturated rings. The molecule has 2 N–H and O–H groups in total. The van der Waals surface area contributed by atoms with E-state index >= 15 is 0 Å². The van der Waals surface area contributed by atoms with E-state index in [-0.39, 0.29) is 5.91 Å². The molecule has 1 amide bonds. The van der Waals surface area contributed by atoms with Crippen LogP contribution in [0.2, 0.25) is 5.02 Å². The van der Waals surface area contributed by atoms with E-state index in [2.05, 4.69) is 30.7 Å². The minimum Gasteiger partial charge on any atom is -0.347 e. The van der Waals surface area contributed by atoms with Crippen LogP contribution in [0.4, 0.5) is 0 Å². The van der Waals surface area contributed by atoms with E-state index in [4.69, 9.17) is 11.6 Å². The fourth-order valence-corrected chi connectivity index (χ4v) is 3.03. The van der Waals surface area contributed by atoms with Crippen molar-refractivity contribution in [2.45, 2.75) is 25.9 Å². The van der Waals surface area contributed by atoms with Crippen LogP contribution < -0.4 is 5.32 Å². The van der Waals surface area contributed by atoms with Gasteiger partial charge in [0.05, 0.1) is 17.6 Å². The molecule has 0 aliphatic rings. The lowest BCUT2D eigenvalue weighted by molar-refractivity contribution is -0.125. The molecule has 142 valence electrons. The lowest BCUT2D eigenvalue weighted by Crippen LogP contribution is -2.33. The highest BCUT2D eigenvalue weighted by Gasteiger charge is 2.22. The first-order valence-corrected chi connectivity index (χ1v) is 9.28. The Balaban J connectivity index is 1.45. The molecule has 0 saturated heterocycles. The van der Waals surface area contributed by atoms with Crippen LogP contribution in [0.3, 0.4) is 0 Å². The molecule has 9 heteroatoms. The van der Waals surface area contributed by atoms with E-state index in [0.29, 0.717) is 29.6 Å². The number of tetrazole rings is 1. The minimum atomic E-state index is -0.557. The topological polar surface area (TPSA) is 101 Å². The number of benzene rings is 2. The van der Waals surface area contributed by atoms with E-state index in [0.717, 1.165) is 16.6 Å². The van der Waals surface area contributed by atoms with Gasteiger partial charge < -0.3 is 10.3 Å². The number of hydrogen-bond acceptors (Lipinski definition) is 5. The molecule has 0 spiro atoms. The van der Waals surface area contributed by atoms with Crippen LogP contribution in [0.25, 0.3) is 22.4 Å². The summed E-state index contributed by atoms with van der Waals surface area (Å²) in [7, 11) is 0. The van der Waals surface area contributed by atoms with E-state index in [1.165, 1.54) is 4.80 Å². The predicted molar refractivity (Wildman–Crippen MR) is 106 cm³/mol. The number of fused-ring (bicyclic) bond motifs is 1. The number of rotatable bonds is 6. The van der Waals surface area contributed by atoms with Gasteiger partial charge in [-0.1, -0.05) is 30.7 Å². The lowest BCUT2D eigenvalue weighted by Gasteiger charge is -2.12. The molecule has 0 radical (unpaired) electrons. The number of imidazole rings is 1. The quantitative estimate of drug-likeness (QED) is 0.522. The second-order valence-corrected chi connectivity index (χ2v) is 6.72. The molecule has 0 saturated carbocycles. The van der Waals surface area contributed by atoms with Crippen LogP contribution in [0.15, 0.2) is 48.5 Å². The molecule has 0 aliphatic carbocycles. The summed E-state index contributed by atoms with van der Waals surface area (Å²) in [5.41, 5.74) is 2.59. The van der Waals surface area contributed by atoms with Crippen LogP contribution >= 0.6 is 11.6 Å². The highest BCUT2D eigenvalue weighted by molar-refractivity contribution is 6.30. The third kappa shape index (κ3) is 3.72. The molecule has 0 aliphatic heterocycles. The van der Waals surface area contributed by atoms with Gasteiger partial charge in [0, 0.05) is 10.6 Å². The van der Waals surface area contributed by atoms with Crippen LogP contribution in [-0.2, 0) is 11.3 Å². The van der Waals surface area contributed by atoms with Gasteiger partial charge in [0.25, 0.3) is 0 Å². The Labute approximate surface area is 165 Å². The number of carbonyl (C=O) groups is 1. The van der Waals surface area contributed by atoms with Gasteiger partial charge in [0.2, 0.25) is 11.7 Å². The van der Waals surface area contributed by atoms with Gasteiger partial charge in [-0.25, -0.2) is 4.98 Å². The Kier molecular flexibility index (Phi) is 5.03. The second-order valence-electron chi connectivity index (χ2n) is 6.28. The number of aromatic nitrogens is 6. The number of hydrogen-bond donors (Lipinski definition) is 2. The zero-order valence-corrected chi connectivity index (χ0v) is 15.9. The fraction of sp³-hybridized carbons (Fsp3) is 0.211. The highest BCUT2D eigenvalue weighted by atomic mass is 35.5. The zero-order valence-electron chi connectivity index (χ0n) is 15.1. The second kappa shape index (κ2) is 7.77. The van der Waals surface area contributed by atoms with Crippen molar-refractivity contribution < 1.29 is 4.79 Å². The van der Waals surface area contributed by atoms with Gasteiger partial charge >= 0.3 is 0 Å². The maximum absolute atomic E-state index is 12.7. The first-order chi connectivity index (χ1) is 13.6. The van der Waals surface area contributed by atoms with E-state index < -0.39 is 6.04 Å². The molecule has 8 nitrogen and oxygen atoms in total. The van der Waals surface area contributed by atoms with Gasteiger partial charge in [0.15, 0.2) is 6.04 Å². The van der Waals surface area contributed by atoms with Crippen LogP contribution in [-0.4, -0.2) is 36.1 Å². The molecule has 4 rings (SSSR count). The summed E-state index contributed by atoms with van der Waals surface area (Å²) in [5, 5.41) is 16.0. The maximum atomic E-state index is 12.7. The first kappa shape index (κ1) is 18.1. The predicted octanol–water partition coefficient (Wildman–Crippen LogP) is 3.14. The summed E-state index contributed by atoms with van der Waals surface area (Å²) in [6, 6.07) is 14.3. The Bertz CT molecular complexity index is 1070. The average molecular weight is 396 g/mol. The van der Waals surface area contributed by atoms with Crippen molar-refractivity contribution in [3.63, 3.8) is 0 Å². The number of amides is 1. The van der Waals surface area contributed by atoms with E-state index in [1.807, 2.05) is 43.3 Å². The summed E-state index contributed by atoms with van der Waals surface area (Å²) < 4.78 is 0. The molecule has 28 heavy (non-hydrogen) atoms. The summed E-state index contributed by atoms with van der Waals surface area (Å²) >= 11 is 5.91.